The van der Waals surface area contributed by atoms with Gasteiger partial charge in [-0.25, -0.2) is 17.5 Å². The molecular formula is C12H19FN2O3S. The molecule has 108 valence electrons. The number of hydrogen-bond donors (Lipinski definition) is 3. The highest BCUT2D eigenvalue weighted by molar-refractivity contribution is 7.89. The highest BCUT2D eigenvalue weighted by atomic mass is 32.2. The first kappa shape index (κ1) is 15.9. The third kappa shape index (κ3) is 4.15. The first-order chi connectivity index (χ1) is 8.77. The van der Waals surface area contributed by atoms with E-state index in [1.807, 2.05) is 0 Å². The maximum absolute atomic E-state index is 13.8. The van der Waals surface area contributed by atoms with Crippen molar-refractivity contribution in [1.82, 2.24) is 4.72 Å². The predicted octanol–water partition coefficient (Wildman–Crippen LogP) is 1.16. The van der Waals surface area contributed by atoms with Crippen LogP contribution in [0.4, 0.5) is 10.1 Å². The third-order valence-corrected chi connectivity index (χ3v) is 4.23. The third-order valence-electron chi connectivity index (χ3n) is 2.77. The fraction of sp³-hybridized carbons (Fsp3) is 0.500. The number of benzene rings is 1. The van der Waals surface area contributed by atoms with E-state index in [0.29, 0.717) is 6.42 Å². The monoisotopic (exact) mass is 290 g/mol. The van der Waals surface area contributed by atoms with Gasteiger partial charge in [0.05, 0.1) is 6.10 Å². The van der Waals surface area contributed by atoms with Gasteiger partial charge in [-0.2, -0.15) is 0 Å². The van der Waals surface area contributed by atoms with E-state index in [2.05, 4.69) is 4.72 Å². The summed E-state index contributed by atoms with van der Waals surface area (Å²) in [6, 6.07) is 2.45. The van der Waals surface area contributed by atoms with Crippen LogP contribution in [0.25, 0.3) is 0 Å². The molecule has 7 heteroatoms. The van der Waals surface area contributed by atoms with Crippen LogP contribution >= 0.6 is 0 Å². The van der Waals surface area contributed by atoms with Crippen molar-refractivity contribution in [2.24, 2.45) is 0 Å². The molecule has 0 heterocycles. The minimum atomic E-state index is -3.96. The predicted molar refractivity (Wildman–Crippen MR) is 71.7 cm³/mol. The number of nitrogens with two attached hydrogens (primary N) is 1. The normalized spacial score (nSPS) is 13.5. The molecule has 5 nitrogen and oxygen atoms in total. The van der Waals surface area contributed by atoms with Crippen LogP contribution in [0.2, 0.25) is 0 Å². The van der Waals surface area contributed by atoms with Gasteiger partial charge in [-0.3, -0.25) is 0 Å². The highest BCUT2D eigenvalue weighted by Crippen LogP contribution is 2.21. The summed E-state index contributed by atoms with van der Waals surface area (Å²) in [6.07, 6.45) is 0.238. The Morgan fingerprint density at radius 3 is 2.68 bits per heavy atom. The number of halogens is 1. The molecule has 0 aliphatic carbocycles. The van der Waals surface area contributed by atoms with Crippen molar-refractivity contribution >= 4 is 15.7 Å². The molecule has 0 bridgehead atoms. The van der Waals surface area contributed by atoms with Gasteiger partial charge in [0.15, 0.2) is 0 Å². The lowest BCUT2D eigenvalue weighted by molar-refractivity contribution is 0.162. The Bertz CT molecular complexity index is 546. The number of anilines is 1. The van der Waals surface area contributed by atoms with Crippen LogP contribution in [-0.2, 0) is 10.0 Å². The number of aryl methyl sites for hydroxylation is 1. The maximum Gasteiger partial charge on any atom is 0.243 e. The van der Waals surface area contributed by atoms with Gasteiger partial charge in [0, 0.05) is 12.2 Å². The Kier molecular flexibility index (Phi) is 5.28. The molecular weight excluding hydrogens is 271 g/mol. The molecule has 0 aromatic heterocycles. The Morgan fingerprint density at radius 1 is 1.47 bits per heavy atom. The average molecular weight is 290 g/mol. The quantitative estimate of drug-likeness (QED) is 0.685. The van der Waals surface area contributed by atoms with Gasteiger partial charge < -0.3 is 10.8 Å². The van der Waals surface area contributed by atoms with Gasteiger partial charge in [0.25, 0.3) is 0 Å². The van der Waals surface area contributed by atoms with Crippen molar-refractivity contribution < 1.29 is 17.9 Å². The maximum atomic E-state index is 13.8. The zero-order chi connectivity index (χ0) is 14.6. The molecule has 1 aromatic carbocycles. The Hall–Kier alpha value is -1.18. The number of rotatable bonds is 6. The summed E-state index contributed by atoms with van der Waals surface area (Å²) in [5.41, 5.74) is 5.89. The van der Waals surface area contributed by atoms with Crippen LogP contribution in [-0.4, -0.2) is 26.2 Å². The van der Waals surface area contributed by atoms with E-state index in [1.165, 1.54) is 13.0 Å². The van der Waals surface area contributed by atoms with Crippen LogP contribution in [0.1, 0.15) is 25.3 Å². The summed E-state index contributed by atoms with van der Waals surface area (Å²) in [5.74, 6) is -0.808. The van der Waals surface area contributed by atoms with Gasteiger partial charge in [-0.1, -0.05) is 6.92 Å². The van der Waals surface area contributed by atoms with Crippen LogP contribution < -0.4 is 10.5 Å². The van der Waals surface area contributed by atoms with Crippen molar-refractivity contribution in [1.29, 1.82) is 0 Å². The molecule has 1 atom stereocenters. The van der Waals surface area contributed by atoms with Crippen LogP contribution in [0.15, 0.2) is 17.0 Å². The lowest BCUT2D eigenvalue weighted by Crippen LogP contribution is -2.28. The molecule has 0 amide bonds. The molecule has 19 heavy (non-hydrogen) atoms. The minimum absolute atomic E-state index is 0.0463. The fourth-order valence-electron chi connectivity index (χ4n) is 1.60. The van der Waals surface area contributed by atoms with Crippen molar-refractivity contribution in [3.05, 3.63) is 23.5 Å². The topological polar surface area (TPSA) is 92.4 Å². The Morgan fingerprint density at radius 2 is 2.11 bits per heavy atom. The summed E-state index contributed by atoms with van der Waals surface area (Å²) in [7, 11) is -3.96. The van der Waals surface area contributed by atoms with Crippen molar-refractivity contribution in [2.45, 2.75) is 37.7 Å². The van der Waals surface area contributed by atoms with Gasteiger partial charge in [-0.15, -0.1) is 0 Å². The van der Waals surface area contributed by atoms with Crippen LogP contribution in [0, 0.1) is 12.7 Å². The molecule has 1 aromatic rings. The highest BCUT2D eigenvalue weighted by Gasteiger charge is 2.21. The Labute approximate surface area is 112 Å². The van der Waals surface area contributed by atoms with E-state index in [4.69, 9.17) is 5.73 Å². The largest absolute Gasteiger partial charge is 0.399 e. The summed E-state index contributed by atoms with van der Waals surface area (Å²) >= 11 is 0. The van der Waals surface area contributed by atoms with Crippen molar-refractivity contribution in [2.75, 3.05) is 12.3 Å². The number of nitrogens with one attached hydrogen (secondary N) is 1. The van der Waals surface area contributed by atoms with E-state index in [9.17, 15) is 17.9 Å². The standard InChI is InChI=1S/C12H19FN2O3S/c1-3-10(16)4-5-15-19(17,18)11-7-9(14)6-8(2)12(11)13/h6-7,10,15-16H,3-5,14H2,1-2H3. The summed E-state index contributed by atoms with van der Waals surface area (Å²) in [4.78, 5) is -0.462. The van der Waals surface area contributed by atoms with E-state index >= 15 is 0 Å². The Balaban J connectivity index is 2.89. The second kappa shape index (κ2) is 6.31. The van der Waals surface area contributed by atoms with E-state index in [0.717, 1.165) is 6.07 Å². The number of nitrogen functional groups attached to an aromatic ring is 1. The van der Waals surface area contributed by atoms with Crippen LogP contribution in [0.3, 0.4) is 0 Å². The second-order valence-electron chi connectivity index (χ2n) is 4.40. The van der Waals surface area contributed by atoms with E-state index in [-0.39, 0.29) is 24.2 Å². The second-order valence-corrected chi connectivity index (χ2v) is 6.13. The van der Waals surface area contributed by atoms with Gasteiger partial charge >= 0.3 is 0 Å². The molecule has 0 aliphatic heterocycles. The van der Waals surface area contributed by atoms with E-state index < -0.39 is 26.8 Å². The molecule has 4 N–H and O–H groups in total. The number of aliphatic hydroxyl groups is 1. The number of sulfonamides is 1. The number of aliphatic hydroxyl groups excluding tert-OH is 1. The summed E-state index contributed by atoms with van der Waals surface area (Å²) in [6.45, 7) is 3.29. The molecule has 0 aliphatic rings. The zero-order valence-corrected chi connectivity index (χ0v) is 11.8. The molecule has 0 radical (unpaired) electrons. The molecule has 0 spiro atoms. The zero-order valence-electron chi connectivity index (χ0n) is 11.0. The molecule has 0 saturated heterocycles. The molecule has 1 rings (SSSR count). The number of hydrogen-bond acceptors (Lipinski definition) is 4. The minimum Gasteiger partial charge on any atom is -0.399 e. The average Bonchev–Trinajstić information content (AvgIpc) is 2.33. The summed E-state index contributed by atoms with van der Waals surface area (Å²) < 4.78 is 39.9. The molecule has 0 saturated carbocycles. The van der Waals surface area contributed by atoms with Gasteiger partial charge in [0.1, 0.15) is 10.7 Å². The van der Waals surface area contributed by atoms with E-state index in [1.54, 1.807) is 6.92 Å². The van der Waals surface area contributed by atoms with Crippen molar-refractivity contribution in [3.63, 3.8) is 0 Å². The lowest BCUT2D eigenvalue weighted by Gasteiger charge is -2.11. The van der Waals surface area contributed by atoms with Gasteiger partial charge in [0.2, 0.25) is 10.0 Å². The molecule has 1 unspecified atom stereocenters. The van der Waals surface area contributed by atoms with Gasteiger partial charge in [-0.05, 0) is 37.5 Å². The smallest absolute Gasteiger partial charge is 0.243 e. The fourth-order valence-corrected chi connectivity index (χ4v) is 2.83. The lowest BCUT2D eigenvalue weighted by atomic mass is 10.2. The summed E-state index contributed by atoms with van der Waals surface area (Å²) in [5, 5.41) is 9.34. The SMILES string of the molecule is CCC(O)CCNS(=O)(=O)c1cc(N)cc(C)c1F. The molecule has 0 fully saturated rings. The first-order valence-electron chi connectivity index (χ1n) is 6.01. The van der Waals surface area contributed by atoms with Crippen LogP contribution in [0.5, 0.6) is 0 Å². The van der Waals surface area contributed by atoms with Crippen molar-refractivity contribution in [3.8, 4) is 0 Å². The first-order valence-corrected chi connectivity index (χ1v) is 7.49.